The van der Waals surface area contributed by atoms with Crippen LogP contribution in [0.15, 0.2) is 84.9 Å². The first-order chi connectivity index (χ1) is 15.1. The van der Waals surface area contributed by atoms with E-state index in [9.17, 15) is 9.59 Å². The fourth-order valence-electron chi connectivity index (χ4n) is 3.21. The number of fused-ring (bicyclic) bond motifs is 1. The fourth-order valence-corrected chi connectivity index (χ4v) is 3.21. The Labute approximate surface area is 179 Å². The number of aromatic nitrogens is 1. The van der Waals surface area contributed by atoms with Crippen LogP contribution in [0.5, 0.6) is 5.75 Å². The Morgan fingerprint density at radius 1 is 0.903 bits per heavy atom. The maximum absolute atomic E-state index is 12.4. The number of nitrogens with one attached hydrogen (secondary N) is 1. The Morgan fingerprint density at radius 3 is 2.61 bits per heavy atom. The standard InChI is InChI=1S/C25H20N2O4/c28-24(14-17-5-3-7-19(13-17)25(29)30)27-20-8-4-9-22(15-20)31-16-21-12-11-18-6-1-2-10-23(18)26-21/h1-13,15H,14,16H2,(H,27,28)(H,29,30). The predicted octanol–water partition coefficient (Wildman–Crippen LogP) is 4.69. The smallest absolute Gasteiger partial charge is 0.335 e. The van der Waals surface area contributed by atoms with Gasteiger partial charge in [-0.3, -0.25) is 4.79 Å². The molecule has 31 heavy (non-hydrogen) atoms. The summed E-state index contributed by atoms with van der Waals surface area (Å²) in [4.78, 5) is 28.0. The molecule has 1 aromatic heterocycles. The average molecular weight is 412 g/mol. The number of carbonyl (C=O) groups is 2. The van der Waals surface area contributed by atoms with Crippen molar-refractivity contribution in [3.63, 3.8) is 0 Å². The lowest BCUT2D eigenvalue weighted by Gasteiger charge is -2.10. The first kappa shape index (κ1) is 20.1. The van der Waals surface area contributed by atoms with E-state index in [4.69, 9.17) is 9.84 Å². The Morgan fingerprint density at radius 2 is 1.74 bits per heavy atom. The number of pyridine rings is 1. The molecule has 3 aromatic carbocycles. The summed E-state index contributed by atoms with van der Waals surface area (Å²) in [6.07, 6.45) is 0.0766. The van der Waals surface area contributed by atoms with Crippen LogP contribution in [0.25, 0.3) is 10.9 Å². The van der Waals surface area contributed by atoms with Crippen molar-refractivity contribution >= 4 is 28.5 Å². The molecule has 0 aliphatic rings. The molecule has 4 aromatic rings. The molecule has 0 saturated carbocycles. The van der Waals surface area contributed by atoms with Crippen LogP contribution in [0.3, 0.4) is 0 Å². The Bertz CT molecular complexity index is 1250. The summed E-state index contributed by atoms with van der Waals surface area (Å²) in [5.74, 6) is -0.649. The second kappa shape index (κ2) is 9.09. The molecule has 0 spiro atoms. The number of amides is 1. The molecule has 6 nitrogen and oxygen atoms in total. The number of ether oxygens (including phenoxy) is 1. The largest absolute Gasteiger partial charge is 0.487 e. The zero-order valence-corrected chi connectivity index (χ0v) is 16.6. The highest BCUT2D eigenvalue weighted by molar-refractivity contribution is 5.93. The van der Waals surface area contributed by atoms with Gasteiger partial charge in [-0.25, -0.2) is 9.78 Å². The zero-order chi connectivity index (χ0) is 21.6. The third kappa shape index (κ3) is 5.25. The second-order valence-electron chi connectivity index (χ2n) is 7.04. The van der Waals surface area contributed by atoms with Gasteiger partial charge >= 0.3 is 5.97 Å². The topological polar surface area (TPSA) is 88.5 Å². The van der Waals surface area contributed by atoms with Crippen molar-refractivity contribution in [2.45, 2.75) is 13.0 Å². The van der Waals surface area contributed by atoms with Gasteiger partial charge in [0.1, 0.15) is 12.4 Å². The van der Waals surface area contributed by atoms with E-state index in [-0.39, 0.29) is 17.9 Å². The highest BCUT2D eigenvalue weighted by Crippen LogP contribution is 2.20. The molecule has 0 aliphatic carbocycles. The average Bonchev–Trinajstić information content (AvgIpc) is 2.78. The molecule has 0 saturated heterocycles. The molecule has 0 bridgehead atoms. The van der Waals surface area contributed by atoms with Gasteiger partial charge in [0.25, 0.3) is 0 Å². The van der Waals surface area contributed by atoms with Gasteiger partial charge in [-0.15, -0.1) is 0 Å². The molecular formula is C25H20N2O4. The molecule has 0 atom stereocenters. The highest BCUT2D eigenvalue weighted by atomic mass is 16.5. The number of carboxylic acid groups (broad SMARTS) is 1. The van der Waals surface area contributed by atoms with Gasteiger partial charge in [-0.2, -0.15) is 0 Å². The van der Waals surface area contributed by atoms with E-state index in [1.807, 2.05) is 42.5 Å². The molecule has 0 aliphatic heterocycles. The molecule has 0 radical (unpaired) electrons. The molecule has 4 rings (SSSR count). The summed E-state index contributed by atoms with van der Waals surface area (Å²) < 4.78 is 5.84. The van der Waals surface area contributed by atoms with Gasteiger partial charge in [0.2, 0.25) is 5.91 Å². The number of nitrogens with zero attached hydrogens (tertiary/aromatic N) is 1. The molecule has 0 unspecified atom stereocenters. The first-order valence-electron chi connectivity index (χ1n) is 9.76. The fraction of sp³-hybridized carbons (Fsp3) is 0.0800. The zero-order valence-electron chi connectivity index (χ0n) is 16.6. The Hall–Kier alpha value is -4.19. The van der Waals surface area contributed by atoms with Crippen LogP contribution in [0.1, 0.15) is 21.6 Å². The molecule has 1 amide bonds. The molecule has 1 heterocycles. The highest BCUT2D eigenvalue weighted by Gasteiger charge is 2.08. The second-order valence-corrected chi connectivity index (χ2v) is 7.04. The van der Waals surface area contributed by atoms with E-state index < -0.39 is 5.97 Å². The first-order valence-corrected chi connectivity index (χ1v) is 9.76. The van der Waals surface area contributed by atoms with Crippen molar-refractivity contribution in [2.75, 3.05) is 5.32 Å². The number of hydrogen-bond acceptors (Lipinski definition) is 4. The van der Waals surface area contributed by atoms with E-state index in [1.165, 1.54) is 12.1 Å². The van der Waals surface area contributed by atoms with Crippen LogP contribution >= 0.6 is 0 Å². The van der Waals surface area contributed by atoms with E-state index >= 15 is 0 Å². The third-order valence-corrected chi connectivity index (χ3v) is 4.70. The van der Waals surface area contributed by atoms with Crippen LogP contribution in [-0.2, 0) is 17.8 Å². The summed E-state index contributed by atoms with van der Waals surface area (Å²) in [5.41, 5.74) is 3.11. The number of carboxylic acids is 1. The van der Waals surface area contributed by atoms with Crippen molar-refractivity contribution in [3.05, 3.63) is 102 Å². The van der Waals surface area contributed by atoms with Crippen molar-refractivity contribution in [3.8, 4) is 5.75 Å². The number of para-hydroxylation sites is 1. The van der Waals surface area contributed by atoms with E-state index in [2.05, 4.69) is 10.3 Å². The van der Waals surface area contributed by atoms with E-state index in [1.54, 1.807) is 30.3 Å². The Kier molecular flexibility index (Phi) is 5.89. The number of anilines is 1. The Balaban J connectivity index is 1.37. The summed E-state index contributed by atoms with van der Waals surface area (Å²) in [6, 6.07) is 25.3. The summed E-state index contributed by atoms with van der Waals surface area (Å²) in [6.45, 7) is 0.310. The minimum absolute atomic E-state index is 0.0766. The van der Waals surface area contributed by atoms with Crippen LogP contribution in [0.4, 0.5) is 5.69 Å². The van der Waals surface area contributed by atoms with E-state index in [0.717, 1.165) is 16.6 Å². The number of benzene rings is 3. The van der Waals surface area contributed by atoms with Gasteiger partial charge in [0.05, 0.1) is 23.2 Å². The van der Waals surface area contributed by atoms with Crippen LogP contribution < -0.4 is 10.1 Å². The molecule has 2 N–H and O–H groups in total. The number of carbonyl (C=O) groups excluding carboxylic acids is 1. The van der Waals surface area contributed by atoms with Gasteiger partial charge in [0.15, 0.2) is 0 Å². The third-order valence-electron chi connectivity index (χ3n) is 4.70. The molecule has 154 valence electrons. The molecule has 6 heteroatoms. The molecule has 0 fully saturated rings. The maximum Gasteiger partial charge on any atom is 0.335 e. The number of hydrogen-bond donors (Lipinski definition) is 2. The number of aromatic carboxylic acids is 1. The van der Waals surface area contributed by atoms with Crippen molar-refractivity contribution in [1.82, 2.24) is 4.98 Å². The summed E-state index contributed by atoms with van der Waals surface area (Å²) in [5, 5.41) is 13.0. The lowest BCUT2D eigenvalue weighted by molar-refractivity contribution is -0.115. The summed E-state index contributed by atoms with van der Waals surface area (Å²) in [7, 11) is 0. The lowest BCUT2D eigenvalue weighted by atomic mass is 10.1. The van der Waals surface area contributed by atoms with Crippen molar-refractivity contribution in [2.24, 2.45) is 0 Å². The van der Waals surface area contributed by atoms with Crippen LogP contribution in [0.2, 0.25) is 0 Å². The lowest BCUT2D eigenvalue weighted by Crippen LogP contribution is -2.14. The number of rotatable bonds is 7. The van der Waals surface area contributed by atoms with Gasteiger partial charge in [0, 0.05) is 17.1 Å². The molecular weight excluding hydrogens is 392 g/mol. The SMILES string of the molecule is O=C(Cc1cccc(C(=O)O)c1)Nc1cccc(OCc2ccc3ccccc3n2)c1. The van der Waals surface area contributed by atoms with Gasteiger partial charge < -0.3 is 15.2 Å². The van der Waals surface area contributed by atoms with Crippen LogP contribution in [0, 0.1) is 0 Å². The van der Waals surface area contributed by atoms with Crippen molar-refractivity contribution in [1.29, 1.82) is 0 Å². The van der Waals surface area contributed by atoms with Crippen LogP contribution in [-0.4, -0.2) is 22.0 Å². The minimum atomic E-state index is -1.02. The van der Waals surface area contributed by atoms with Crippen molar-refractivity contribution < 1.29 is 19.4 Å². The quantitative estimate of drug-likeness (QED) is 0.460. The normalized spacial score (nSPS) is 10.6. The summed E-state index contributed by atoms with van der Waals surface area (Å²) >= 11 is 0. The van der Waals surface area contributed by atoms with E-state index in [0.29, 0.717) is 23.6 Å². The monoisotopic (exact) mass is 412 g/mol. The van der Waals surface area contributed by atoms with Gasteiger partial charge in [-0.05, 0) is 42.0 Å². The van der Waals surface area contributed by atoms with Gasteiger partial charge in [-0.1, -0.05) is 42.5 Å². The predicted molar refractivity (Wildman–Crippen MR) is 118 cm³/mol. The maximum atomic E-state index is 12.4. The minimum Gasteiger partial charge on any atom is -0.487 e.